The molecule has 1 aromatic carbocycles. The number of primary amides is 1. The number of aliphatic hydroxyl groups excluding tert-OH is 1. The third-order valence-corrected chi connectivity index (χ3v) is 13.5. The van der Waals surface area contributed by atoms with Gasteiger partial charge in [0.25, 0.3) is 18.9 Å². The fourth-order valence-corrected chi connectivity index (χ4v) is 7.85. The molecule has 5 atom stereocenters. The predicted octanol–water partition coefficient (Wildman–Crippen LogP) is 0.583. The van der Waals surface area contributed by atoms with Crippen LogP contribution in [0, 0.1) is 5.92 Å². The zero-order valence-electron chi connectivity index (χ0n) is 48.3. The molecule has 3 aliphatic heterocycles. The maximum atomic E-state index is 12.6. The van der Waals surface area contributed by atoms with Crippen molar-refractivity contribution < 1.29 is 74.0 Å². The first-order chi connectivity index (χ1) is 37.5. The monoisotopic (exact) mass is 1140 g/mol. The third kappa shape index (κ3) is 34.7. The Morgan fingerprint density at radius 3 is 2.05 bits per heavy atom. The molecule has 0 spiro atoms. The number of esters is 1. The second-order valence-corrected chi connectivity index (χ2v) is 19.8. The predicted molar refractivity (Wildman–Crippen MR) is 296 cm³/mol. The van der Waals surface area contributed by atoms with Gasteiger partial charge < -0.3 is 67.6 Å². The van der Waals surface area contributed by atoms with Crippen molar-refractivity contribution in [3.8, 4) is 0 Å². The lowest BCUT2D eigenvalue weighted by molar-refractivity contribution is -0.155. The van der Waals surface area contributed by atoms with Crippen molar-refractivity contribution in [2.45, 2.75) is 131 Å². The number of nitrogens with zero attached hydrogens (tertiary/aromatic N) is 5. The average molecular weight is 1140 g/mol. The van der Waals surface area contributed by atoms with E-state index in [1.54, 1.807) is 4.90 Å². The standard InChI is InChI=1S/C23H33N3O5.C15H29N5O3.C6H13NO2.C5H13N.2CH2O2.CH2O.Al.FH/c1-4-13(2)10-19(27)24-14(3)8-9-15-6-5-7-16-11-17(25-21(15)16)22(29)26-18-12-20(28)31-23(18)30;1-3-18(2)12-15(23)20-9-7-19(8-10-20)11-14(22)17-6-4-5-13(16)21;1-3-7(4-2)5-6(8)9;1-4-6(3)5-2;2*2-1-3;1-2;;/h5-7,13-14,17-18,23,25,30H,4,8-12H2,1-3H3,(H,24,27)(H,26,29);3-12H2,1-2H3,(H2,16,21)(H,17,22);3-5H2,1-2H3,(H,8,9);4-5H2,1-3H3;2*1H,(H,2,3);1H2;;1H/q;;;;;;;+3;/p-3. The van der Waals surface area contributed by atoms with E-state index in [0.29, 0.717) is 84.1 Å². The van der Waals surface area contributed by atoms with Crippen LogP contribution < -0.4 is 27.0 Å². The van der Waals surface area contributed by atoms with Gasteiger partial charge in [0, 0.05) is 63.7 Å². The van der Waals surface area contributed by atoms with E-state index in [1.807, 2.05) is 74.4 Å². The number of carboxylic acid groups (broad SMARTS) is 1. The number of piperazine rings is 1. The summed E-state index contributed by atoms with van der Waals surface area (Å²) in [5.41, 5.74) is 8.17. The zero-order chi connectivity index (χ0) is 60.5. The molecule has 25 nitrogen and oxygen atoms in total. The van der Waals surface area contributed by atoms with E-state index >= 15 is 0 Å². The number of halogens is 1. The van der Waals surface area contributed by atoms with Gasteiger partial charge in [0.2, 0.25) is 35.8 Å². The maximum absolute atomic E-state index is 12.6. The molecule has 27 heteroatoms. The normalized spacial score (nSPS) is 16.7. The molecule has 450 valence electrons. The molecular weight excluding hydrogens is 1050 g/mol. The molecule has 0 aliphatic carbocycles. The maximum Gasteiger partial charge on any atom is 1.15 e. The summed E-state index contributed by atoms with van der Waals surface area (Å²) in [5, 5.41) is 28.4. The van der Waals surface area contributed by atoms with Crippen molar-refractivity contribution in [1.82, 2.24) is 40.4 Å². The lowest BCUT2D eigenvalue weighted by atomic mass is 10.0. The summed E-state index contributed by atoms with van der Waals surface area (Å²) in [6, 6.07) is 4.89. The first-order valence-electron chi connectivity index (χ1n) is 26.8. The number of ether oxygens (including phenoxy) is 1. The third-order valence-electron chi connectivity index (χ3n) is 12.8. The number of aryl methyl sites for hydroxylation is 1. The molecule has 0 saturated carbocycles. The largest absolute Gasteiger partial charge is 1.15 e. The van der Waals surface area contributed by atoms with Gasteiger partial charge in [-0.1, -0.05) is 73.1 Å². The van der Waals surface area contributed by atoms with Crippen molar-refractivity contribution in [2.24, 2.45) is 11.7 Å². The van der Waals surface area contributed by atoms with Gasteiger partial charge >= 0.3 is 21.2 Å². The minimum absolute atomic E-state index is 0.0165. The summed E-state index contributed by atoms with van der Waals surface area (Å²) in [7, 11) is 4.04. The molecule has 0 aromatic heterocycles. The molecule has 0 radical (unpaired) electrons. The lowest BCUT2D eigenvalue weighted by Crippen LogP contribution is -2.52. The van der Waals surface area contributed by atoms with E-state index in [9.17, 15) is 47.0 Å². The smallest absolute Gasteiger partial charge is 0.561 e. The van der Waals surface area contributed by atoms with E-state index in [4.69, 9.17) is 20.4 Å². The highest BCUT2D eigenvalue weighted by atomic mass is 27.3. The number of nitrogens with two attached hydrogens (primary N) is 1. The molecule has 1 aromatic rings. The van der Waals surface area contributed by atoms with Crippen LogP contribution in [0.2, 0.25) is 0 Å². The first-order valence-corrected chi connectivity index (χ1v) is 28.2. The number of hydrogen-bond acceptors (Lipinski definition) is 19. The van der Waals surface area contributed by atoms with E-state index in [1.165, 1.54) is 0 Å². The molecule has 3 aliphatic rings. The Morgan fingerprint density at radius 1 is 0.937 bits per heavy atom. The van der Waals surface area contributed by atoms with Crippen molar-refractivity contribution in [3.05, 3.63) is 29.3 Å². The second-order valence-electron chi connectivity index (χ2n) is 18.7. The van der Waals surface area contributed by atoms with Crippen LogP contribution in [0.4, 0.5) is 9.21 Å². The van der Waals surface area contributed by atoms with Crippen molar-refractivity contribution >= 4 is 82.2 Å². The van der Waals surface area contributed by atoms with Crippen LogP contribution in [0.15, 0.2) is 18.2 Å². The van der Waals surface area contributed by atoms with Crippen LogP contribution in [0.1, 0.15) is 105 Å². The number of cyclic esters (lactones) is 1. The number of anilines is 1. The molecule has 0 bridgehead atoms. The number of hydrogen-bond donors (Lipinski definition) is 7. The van der Waals surface area contributed by atoms with Crippen LogP contribution in [0.3, 0.4) is 0 Å². The number of likely N-dealkylation sites (N-methyl/N-ethyl adjacent to an activating group) is 2. The van der Waals surface area contributed by atoms with Crippen LogP contribution in [-0.2, 0) is 73.1 Å². The summed E-state index contributed by atoms with van der Waals surface area (Å²) in [4.78, 5) is 117. The van der Waals surface area contributed by atoms with Crippen molar-refractivity contribution in [3.63, 3.8) is 0 Å². The Labute approximate surface area is 471 Å². The number of rotatable bonds is 27. The van der Waals surface area contributed by atoms with Crippen LogP contribution in [0.25, 0.3) is 0 Å². The Kier molecular flexibility index (Phi) is 42.8. The number of benzene rings is 1. The second kappa shape index (κ2) is 45.0. The van der Waals surface area contributed by atoms with Crippen LogP contribution >= 0.6 is 0 Å². The molecule has 3 heterocycles. The summed E-state index contributed by atoms with van der Waals surface area (Å²) >= 11 is -3.59. The van der Waals surface area contributed by atoms with Gasteiger partial charge in [-0.15, -0.1) is 0 Å². The quantitative estimate of drug-likeness (QED) is 0.0274. The van der Waals surface area contributed by atoms with E-state index in [0.717, 1.165) is 55.7 Å². The summed E-state index contributed by atoms with van der Waals surface area (Å²) < 4.78 is 25.4. The van der Waals surface area contributed by atoms with Gasteiger partial charge in [0.05, 0.1) is 26.1 Å². The Hall–Kier alpha value is -5.82. The number of amides is 5. The molecular formula is C52H92AlFN10O15. The Bertz CT molecular complexity index is 1950. The highest BCUT2D eigenvalue weighted by molar-refractivity contribution is 6.40. The Balaban J connectivity index is 0. The molecule has 5 unspecified atom stereocenters. The van der Waals surface area contributed by atoms with E-state index in [-0.39, 0.29) is 67.9 Å². The molecule has 8 N–H and O–H groups in total. The minimum atomic E-state index is -3.59. The van der Waals surface area contributed by atoms with E-state index < -0.39 is 45.6 Å². The number of nitrogens with one attached hydrogen (secondary N) is 4. The van der Waals surface area contributed by atoms with Gasteiger partial charge in [-0.25, -0.2) is 0 Å². The lowest BCUT2D eigenvalue weighted by Gasteiger charge is -2.35. The number of carbonyl (C=O) groups is 10. The number of fused-ring (bicyclic) bond motifs is 1. The number of carbonyl (C=O) groups excluding carboxylic acids is 9. The summed E-state index contributed by atoms with van der Waals surface area (Å²) in [6.45, 7) is 26.5. The summed E-state index contributed by atoms with van der Waals surface area (Å²) in [5.74, 6) is -1.28. The van der Waals surface area contributed by atoms with Gasteiger partial charge in [-0.3, -0.25) is 57.9 Å². The molecule has 4 rings (SSSR count). The van der Waals surface area contributed by atoms with E-state index in [2.05, 4.69) is 73.2 Å². The van der Waals surface area contributed by atoms with Crippen LogP contribution in [-0.4, -0.2) is 235 Å². The fraction of sp³-hybridized carbons (Fsp3) is 0.692. The number of aliphatic hydroxyl groups is 1. The summed E-state index contributed by atoms with van der Waals surface area (Å²) in [6.07, 6.45) is 3.17. The van der Waals surface area contributed by atoms with Crippen molar-refractivity contribution in [1.29, 1.82) is 0 Å². The van der Waals surface area contributed by atoms with Crippen LogP contribution in [0.5, 0.6) is 0 Å². The SMILES string of the molecule is C=O.CCC(C)CC(=O)NC(C)CCc1cccc2c1NC(C(=O)NC1CC(=O)OC1O)C2.CCN(C)CC.CCN(C)CC(=O)N1CCN(CC(=O)NCCCC(N)=O)CC1.CCN(CC)CC(=O)[O][Al]([F])[O]C=O.O=CO. The fourth-order valence-electron chi connectivity index (χ4n) is 7.42. The van der Waals surface area contributed by atoms with Gasteiger partial charge in [-0.05, 0) is 90.1 Å². The first kappa shape index (κ1) is 75.3. The zero-order valence-corrected chi connectivity index (χ0v) is 49.5. The number of para-hydroxylation sites is 1. The average Bonchev–Trinajstić information content (AvgIpc) is 4.01. The van der Waals surface area contributed by atoms with Gasteiger partial charge in [0.1, 0.15) is 18.9 Å². The van der Waals surface area contributed by atoms with Crippen molar-refractivity contribution in [2.75, 3.05) is 104 Å². The highest BCUT2D eigenvalue weighted by Crippen LogP contribution is 2.31. The molecule has 79 heavy (non-hydrogen) atoms. The van der Waals surface area contributed by atoms with Gasteiger partial charge in [0.15, 0.2) is 0 Å². The minimum Gasteiger partial charge on any atom is -0.561 e. The van der Waals surface area contributed by atoms with Gasteiger partial charge in [-0.2, -0.15) is 0 Å². The Morgan fingerprint density at radius 2 is 1.54 bits per heavy atom. The molecule has 2 saturated heterocycles. The highest BCUT2D eigenvalue weighted by Gasteiger charge is 2.40. The molecule has 5 amide bonds. The molecule has 2 fully saturated rings. The topological polar surface area (TPSA) is 329 Å².